The lowest BCUT2D eigenvalue weighted by Crippen LogP contribution is -2.59. The van der Waals surface area contributed by atoms with E-state index < -0.39 is 5.82 Å². The third-order valence-electron chi connectivity index (χ3n) is 5.97. The lowest BCUT2D eigenvalue weighted by Gasteiger charge is -2.49. The van der Waals surface area contributed by atoms with Crippen molar-refractivity contribution in [3.8, 4) is 17.3 Å². The van der Waals surface area contributed by atoms with Crippen LogP contribution in [0.5, 0.6) is 5.88 Å². The summed E-state index contributed by atoms with van der Waals surface area (Å²) in [6, 6.07) is 10.6. The summed E-state index contributed by atoms with van der Waals surface area (Å²) in [7, 11) is 0. The number of rotatable bonds is 4. The first-order chi connectivity index (χ1) is 15.1. The fourth-order valence-electron chi connectivity index (χ4n) is 4.55. The van der Waals surface area contributed by atoms with Gasteiger partial charge in [0.15, 0.2) is 11.6 Å². The average molecular weight is 439 g/mol. The van der Waals surface area contributed by atoms with Crippen molar-refractivity contribution in [2.75, 3.05) is 6.54 Å². The maximum Gasteiger partial charge on any atom is 0.254 e. The summed E-state index contributed by atoms with van der Waals surface area (Å²) < 4.78 is 19.4. The Morgan fingerprint density at radius 1 is 1.06 bits per heavy atom. The zero-order valence-electron chi connectivity index (χ0n) is 16.6. The summed E-state index contributed by atoms with van der Waals surface area (Å²) >= 11 is 5.92. The fraction of sp³-hybridized carbons (Fsp3) is 0.304. The number of aromatic nitrogens is 3. The minimum Gasteiger partial charge on any atom is -0.472 e. The molecular weight excluding hydrogens is 419 g/mol. The highest BCUT2D eigenvalue weighted by atomic mass is 35.5. The summed E-state index contributed by atoms with van der Waals surface area (Å²) in [5.41, 5.74) is 1.09. The molecule has 6 nitrogen and oxygen atoms in total. The molecule has 1 saturated carbocycles. The van der Waals surface area contributed by atoms with Gasteiger partial charge in [0.1, 0.15) is 6.10 Å². The van der Waals surface area contributed by atoms with Gasteiger partial charge in [-0.2, -0.15) is 0 Å². The van der Waals surface area contributed by atoms with Crippen molar-refractivity contribution in [1.29, 1.82) is 0 Å². The van der Waals surface area contributed by atoms with Gasteiger partial charge in [-0.3, -0.25) is 4.79 Å². The normalized spacial score (nSPS) is 22.4. The maximum absolute atomic E-state index is 13.6. The van der Waals surface area contributed by atoms with Crippen LogP contribution in [0, 0.1) is 11.7 Å². The fourth-order valence-corrected chi connectivity index (χ4v) is 4.66. The number of ether oxygens (including phenoxy) is 1. The van der Waals surface area contributed by atoms with E-state index in [9.17, 15) is 9.18 Å². The number of halogens is 2. The van der Waals surface area contributed by atoms with Gasteiger partial charge in [0, 0.05) is 24.4 Å². The van der Waals surface area contributed by atoms with Gasteiger partial charge in [0.05, 0.1) is 29.0 Å². The molecule has 8 heteroatoms. The lowest BCUT2D eigenvalue weighted by molar-refractivity contribution is -0.0313. The van der Waals surface area contributed by atoms with Crippen LogP contribution in [0.1, 0.15) is 29.6 Å². The molecule has 3 atom stereocenters. The number of amides is 1. The van der Waals surface area contributed by atoms with Crippen LogP contribution in [-0.2, 0) is 0 Å². The second-order valence-corrected chi connectivity index (χ2v) is 8.38. The number of hydrogen-bond acceptors (Lipinski definition) is 5. The van der Waals surface area contributed by atoms with Gasteiger partial charge in [0.2, 0.25) is 5.88 Å². The van der Waals surface area contributed by atoms with E-state index >= 15 is 0 Å². The highest BCUT2D eigenvalue weighted by Gasteiger charge is 2.44. The molecule has 158 valence electrons. The Hall–Kier alpha value is -3.06. The van der Waals surface area contributed by atoms with Crippen LogP contribution in [0.15, 0.2) is 55.0 Å². The Morgan fingerprint density at radius 2 is 1.87 bits per heavy atom. The molecule has 1 aliphatic carbocycles. The number of carbonyl (C=O) groups excluding carboxylic acids is 1. The molecule has 31 heavy (non-hydrogen) atoms. The standard InChI is InChI=1S/C23H20ClFN4O2/c24-15-6-8-21(26-10-15)31-20-9-14-5-7-19(20)29(13-14)23(30)18-4-2-1-3-17(18)22-27-11-16(25)12-28-22/h1-4,6,8,10-12,14,19-20H,5,7,9,13H2. The molecule has 3 unspecified atom stereocenters. The van der Waals surface area contributed by atoms with Crippen molar-refractivity contribution in [3.63, 3.8) is 0 Å². The molecule has 1 amide bonds. The highest BCUT2D eigenvalue weighted by Crippen LogP contribution is 2.38. The second-order valence-electron chi connectivity index (χ2n) is 7.95. The first-order valence-corrected chi connectivity index (χ1v) is 10.6. The molecule has 2 aliphatic heterocycles. The number of hydrogen-bond donors (Lipinski definition) is 0. The van der Waals surface area contributed by atoms with Crippen LogP contribution in [0.3, 0.4) is 0 Å². The molecule has 0 N–H and O–H groups in total. The molecule has 2 aromatic heterocycles. The Labute approximate surface area is 184 Å². The number of fused-ring (bicyclic) bond motifs is 3. The molecule has 3 fully saturated rings. The second kappa shape index (κ2) is 8.23. The quantitative estimate of drug-likeness (QED) is 0.603. The van der Waals surface area contributed by atoms with E-state index in [0.717, 1.165) is 31.7 Å². The summed E-state index contributed by atoms with van der Waals surface area (Å²) in [5, 5.41) is 0.550. The first kappa shape index (κ1) is 19.9. The van der Waals surface area contributed by atoms with Crippen molar-refractivity contribution in [1.82, 2.24) is 19.9 Å². The van der Waals surface area contributed by atoms with E-state index in [2.05, 4.69) is 15.0 Å². The Balaban J connectivity index is 1.42. The topological polar surface area (TPSA) is 68.2 Å². The van der Waals surface area contributed by atoms with Crippen molar-refractivity contribution < 1.29 is 13.9 Å². The van der Waals surface area contributed by atoms with Crippen LogP contribution in [-0.4, -0.2) is 44.4 Å². The van der Waals surface area contributed by atoms with Gasteiger partial charge in [-0.15, -0.1) is 0 Å². The van der Waals surface area contributed by atoms with Crippen molar-refractivity contribution >= 4 is 17.5 Å². The van der Waals surface area contributed by atoms with Gasteiger partial charge in [0.25, 0.3) is 5.91 Å². The average Bonchev–Trinajstić information content (AvgIpc) is 2.81. The molecule has 2 saturated heterocycles. The number of piperidine rings is 2. The maximum atomic E-state index is 13.6. The Kier molecular flexibility index (Phi) is 5.28. The van der Waals surface area contributed by atoms with E-state index in [4.69, 9.17) is 16.3 Å². The number of pyridine rings is 1. The number of benzene rings is 1. The van der Waals surface area contributed by atoms with Gasteiger partial charge < -0.3 is 9.64 Å². The molecule has 6 rings (SSSR count). The van der Waals surface area contributed by atoms with Crippen LogP contribution in [0.4, 0.5) is 4.39 Å². The van der Waals surface area contributed by atoms with E-state index in [-0.39, 0.29) is 18.1 Å². The number of nitrogens with zero attached hydrogens (tertiary/aromatic N) is 4. The van der Waals surface area contributed by atoms with Gasteiger partial charge >= 0.3 is 0 Å². The smallest absolute Gasteiger partial charge is 0.254 e. The predicted octanol–water partition coefficient (Wildman–Crippen LogP) is 4.40. The summed E-state index contributed by atoms with van der Waals surface area (Å²) in [6.45, 7) is 0.690. The van der Waals surface area contributed by atoms with E-state index in [1.165, 1.54) is 0 Å². The molecule has 4 heterocycles. The Bertz CT molecular complexity index is 1090. The SMILES string of the molecule is O=C(c1ccccc1-c1ncc(F)cn1)N1CC2CCC1C(Oc1ccc(Cl)cn1)C2. The lowest BCUT2D eigenvalue weighted by atomic mass is 9.77. The van der Waals surface area contributed by atoms with Crippen molar-refractivity contribution in [3.05, 3.63) is 71.4 Å². The molecule has 1 aromatic carbocycles. The van der Waals surface area contributed by atoms with Crippen LogP contribution in [0.2, 0.25) is 5.02 Å². The Morgan fingerprint density at radius 3 is 2.61 bits per heavy atom. The predicted molar refractivity (Wildman–Crippen MR) is 113 cm³/mol. The molecule has 3 aromatic rings. The molecule has 3 aliphatic rings. The minimum absolute atomic E-state index is 0.0443. The molecule has 2 bridgehead atoms. The summed E-state index contributed by atoms with van der Waals surface area (Å²) in [5.74, 6) is 0.605. The van der Waals surface area contributed by atoms with Crippen molar-refractivity contribution in [2.45, 2.75) is 31.4 Å². The first-order valence-electron chi connectivity index (χ1n) is 10.2. The van der Waals surface area contributed by atoms with E-state index in [1.54, 1.807) is 30.5 Å². The zero-order valence-corrected chi connectivity index (χ0v) is 17.4. The zero-order chi connectivity index (χ0) is 21.4. The van der Waals surface area contributed by atoms with E-state index in [0.29, 0.717) is 40.3 Å². The van der Waals surface area contributed by atoms with Crippen LogP contribution < -0.4 is 4.74 Å². The van der Waals surface area contributed by atoms with Crippen molar-refractivity contribution in [2.24, 2.45) is 5.92 Å². The van der Waals surface area contributed by atoms with Gasteiger partial charge in [-0.1, -0.05) is 29.8 Å². The van der Waals surface area contributed by atoms with Crippen LogP contribution in [0.25, 0.3) is 11.4 Å². The summed E-state index contributed by atoms with van der Waals surface area (Å²) in [4.78, 5) is 27.9. The molecule has 0 radical (unpaired) electrons. The highest BCUT2D eigenvalue weighted by molar-refractivity contribution is 6.30. The molecule has 0 spiro atoms. The molecular formula is C23H20ClFN4O2. The largest absolute Gasteiger partial charge is 0.472 e. The van der Waals surface area contributed by atoms with Gasteiger partial charge in [-0.05, 0) is 37.3 Å². The van der Waals surface area contributed by atoms with Crippen LogP contribution >= 0.6 is 11.6 Å². The third kappa shape index (κ3) is 3.97. The number of carbonyl (C=O) groups is 1. The summed E-state index contributed by atoms with van der Waals surface area (Å²) in [6.07, 6.45) is 6.49. The van der Waals surface area contributed by atoms with Gasteiger partial charge in [-0.25, -0.2) is 19.3 Å². The third-order valence-corrected chi connectivity index (χ3v) is 6.20. The minimum atomic E-state index is -0.517. The monoisotopic (exact) mass is 438 g/mol. The van der Waals surface area contributed by atoms with E-state index in [1.807, 2.05) is 17.0 Å².